The average Bonchev–Trinajstić information content (AvgIpc) is 3.24. The Morgan fingerprint density at radius 3 is 2.56 bits per heavy atom. The molecule has 0 atom stereocenters. The number of imidazole rings is 1. The number of carbonyl (C=O) groups excluding carboxylic acids is 3. The van der Waals surface area contributed by atoms with Gasteiger partial charge in [0, 0.05) is 25.0 Å². The maximum Gasteiger partial charge on any atom is 0.274 e. The first-order valence-corrected chi connectivity index (χ1v) is 11.7. The van der Waals surface area contributed by atoms with E-state index in [0.29, 0.717) is 57.7 Å². The smallest absolute Gasteiger partial charge is 0.274 e. The van der Waals surface area contributed by atoms with Gasteiger partial charge in [-0.05, 0) is 43.9 Å². The van der Waals surface area contributed by atoms with Crippen molar-refractivity contribution in [2.45, 2.75) is 31.7 Å². The molecule has 180 valence electrons. The molecular formula is C23H25ClFN5O4. The second-order valence-corrected chi connectivity index (χ2v) is 9.82. The first kappa shape index (κ1) is 22.8. The summed E-state index contributed by atoms with van der Waals surface area (Å²) in [6, 6.07) is 3.71. The monoisotopic (exact) mass is 489 g/mol. The minimum atomic E-state index is -0.469. The molecule has 3 fully saturated rings. The van der Waals surface area contributed by atoms with E-state index < -0.39 is 5.82 Å². The van der Waals surface area contributed by atoms with E-state index in [4.69, 9.17) is 16.3 Å². The third kappa shape index (κ3) is 4.39. The molecule has 1 saturated carbocycles. The van der Waals surface area contributed by atoms with Crippen LogP contribution in [0.4, 0.5) is 10.1 Å². The van der Waals surface area contributed by atoms with Crippen LogP contribution >= 0.6 is 11.6 Å². The van der Waals surface area contributed by atoms with Crippen LogP contribution in [0.25, 0.3) is 0 Å². The zero-order valence-electron chi connectivity index (χ0n) is 18.4. The van der Waals surface area contributed by atoms with Gasteiger partial charge in [-0.1, -0.05) is 11.6 Å². The lowest BCUT2D eigenvalue weighted by Crippen LogP contribution is -2.67. The molecule has 2 saturated heterocycles. The van der Waals surface area contributed by atoms with Gasteiger partial charge in [0.1, 0.15) is 11.5 Å². The summed E-state index contributed by atoms with van der Waals surface area (Å²) in [5, 5.41) is 5.86. The number of H-pyrrole nitrogens is 1. The predicted octanol–water partition coefficient (Wildman–Crippen LogP) is 2.60. The van der Waals surface area contributed by atoms with Gasteiger partial charge in [-0.25, -0.2) is 9.37 Å². The minimum Gasteiger partial charge on any atom is -0.380 e. The van der Waals surface area contributed by atoms with E-state index in [1.165, 1.54) is 18.5 Å². The number of ether oxygens (including phenoxy) is 1. The van der Waals surface area contributed by atoms with E-state index in [2.05, 4.69) is 20.6 Å². The Hall–Kier alpha value is -2.98. The molecule has 1 spiro atoms. The van der Waals surface area contributed by atoms with Crippen molar-refractivity contribution in [2.24, 2.45) is 11.3 Å². The third-order valence-electron chi connectivity index (χ3n) is 6.85. The van der Waals surface area contributed by atoms with Crippen LogP contribution in [0.2, 0.25) is 5.02 Å². The summed E-state index contributed by atoms with van der Waals surface area (Å²) in [5.41, 5.74) is 0.734. The molecule has 5 rings (SSSR count). The van der Waals surface area contributed by atoms with Gasteiger partial charge in [0.25, 0.3) is 11.8 Å². The maximum absolute atomic E-state index is 13.2. The van der Waals surface area contributed by atoms with E-state index >= 15 is 0 Å². The van der Waals surface area contributed by atoms with Crippen LogP contribution in [0.5, 0.6) is 0 Å². The Morgan fingerprint density at radius 2 is 1.91 bits per heavy atom. The van der Waals surface area contributed by atoms with Gasteiger partial charge in [0.2, 0.25) is 5.91 Å². The molecule has 3 amide bonds. The van der Waals surface area contributed by atoms with Gasteiger partial charge in [-0.2, -0.15) is 0 Å². The van der Waals surface area contributed by atoms with Crippen LogP contribution < -0.4 is 10.6 Å². The Kier molecular flexibility index (Phi) is 6.03. The fraction of sp³-hybridized carbons (Fsp3) is 0.478. The fourth-order valence-electron chi connectivity index (χ4n) is 4.84. The van der Waals surface area contributed by atoms with Crippen molar-refractivity contribution in [3.63, 3.8) is 0 Å². The lowest BCUT2D eigenvalue weighted by molar-refractivity contribution is -0.176. The molecule has 1 aromatic carbocycles. The fourth-order valence-corrected chi connectivity index (χ4v) is 5.06. The van der Waals surface area contributed by atoms with Crippen molar-refractivity contribution < 1.29 is 23.5 Å². The largest absolute Gasteiger partial charge is 0.380 e. The second kappa shape index (κ2) is 8.99. The van der Waals surface area contributed by atoms with E-state index in [1.807, 2.05) is 0 Å². The molecule has 3 aliphatic rings. The number of likely N-dealkylation sites (tertiary alicyclic amines) is 1. The van der Waals surface area contributed by atoms with E-state index in [1.54, 1.807) is 4.90 Å². The van der Waals surface area contributed by atoms with Gasteiger partial charge < -0.3 is 25.3 Å². The quantitative estimate of drug-likeness (QED) is 0.597. The summed E-state index contributed by atoms with van der Waals surface area (Å²) >= 11 is 5.99. The van der Waals surface area contributed by atoms with Crippen molar-refractivity contribution >= 4 is 35.0 Å². The standard InChI is InChI=1S/C23H25ClFN5O4/c24-16-7-14(25)3-6-17(16)29-20(31)13-1-4-15(5-2-13)28-21(32)18-19(27-12-26-18)22(33)30-8-23(9-30)10-34-11-23/h3,6-7,12-13,15H,1-2,4-5,8-11H2,(H,26,27)(H,28,32)(H,29,31)/t13-,15-. The number of rotatable bonds is 5. The summed E-state index contributed by atoms with van der Waals surface area (Å²) in [4.78, 5) is 46.8. The molecule has 0 unspecified atom stereocenters. The normalized spacial score (nSPS) is 23.1. The van der Waals surface area contributed by atoms with Crippen molar-refractivity contribution in [2.75, 3.05) is 31.6 Å². The van der Waals surface area contributed by atoms with Crippen LogP contribution in [-0.2, 0) is 9.53 Å². The van der Waals surface area contributed by atoms with Gasteiger partial charge in [0.15, 0.2) is 5.69 Å². The van der Waals surface area contributed by atoms with Crippen molar-refractivity contribution in [1.82, 2.24) is 20.2 Å². The number of amides is 3. The lowest BCUT2D eigenvalue weighted by Gasteiger charge is -2.54. The second-order valence-electron chi connectivity index (χ2n) is 9.42. The average molecular weight is 490 g/mol. The molecule has 9 nitrogen and oxygen atoms in total. The molecule has 3 heterocycles. The van der Waals surface area contributed by atoms with Crippen LogP contribution in [-0.4, -0.2) is 64.9 Å². The molecule has 0 bridgehead atoms. The highest BCUT2D eigenvalue weighted by Crippen LogP contribution is 2.38. The van der Waals surface area contributed by atoms with Crippen LogP contribution in [0.15, 0.2) is 24.5 Å². The molecule has 11 heteroatoms. The first-order valence-electron chi connectivity index (χ1n) is 11.3. The number of anilines is 1. The molecule has 0 radical (unpaired) electrons. The van der Waals surface area contributed by atoms with Gasteiger partial charge >= 0.3 is 0 Å². The zero-order chi connectivity index (χ0) is 23.9. The highest BCUT2D eigenvalue weighted by atomic mass is 35.5. The molecule has 2 aliphatic heterocycles. The minimum absolute atomic E-state index is 0.0847. The first-order chi connectivity index (χ1) is 16.3. The number of carbonyl (C=O) groups is 3. The maximum atomic E-state index is 13.2. The molecule has 2 aromatic rings. The summed E-state index contributed by atoms with van der Waals surface area (Å²) < 4.78 is 18.4. The van der Waals surface area contributed by atoms with Crippen LogP contribution in [0.3, 0.4) is 0 Å². The number of aromatic amines is 1. The Balaban J connectivity index is 1.12. The van der Waals surface area contributed by atoms with Crippen molar-refractivity contribution in [1.29, 1.82) is 0 Å². The van der Waals surface area contributed by atoms with E-state index in [0.717, 1.165) is 6.07 Å². The van der Waals surface area contributed by atoms with Crippen LogP contribution in [0, 0.1) is 17.2 Å². The molecule has 1 aromatic heterocycles. The number of hydrogen-bond donors (Lipinski definition) is 3. The third-order valence-corrected chi connectivity index (χ3v) is 7.16. The summed E-state index contributed by atoms with van der Waals surface area (Å²) in [7, 11) is 0. The summed E-state index contributed by atoms with van der Waals surface area (Å²) in [5.74, 6) is -1.52. The number of nitrogens with zero attached hydrogens (tertiary/aromatic N) is 2. The zero-order valence-corrected chi connectivity index (χ0v) is 19.2. The van der Waals surface area contributed by atoms with Gasteiger partial charge in [-0.3, -0.25) is 14.4 Å². The Bertz CT molecular complexity index is 1120. The molecule has 3 N–H and O–H groups in total. The van der Waals surface area contributed by atoms with Gasteiger partial charge in [0.05, 0.1) is 35.7 Å². The molecule has 1 aliphatic carbocycles. The molecular weight excluding hydrogens is 465 g/mol. The number of halogens is 2. The lowest BCUT2D eigenvalue weighted by atomic mass is 9.78. The van der Waals surface area contributed by atoms with E-state index in [-0.39, 0.29) is 51.5 Å². The summed E-state index contributed by atoms with van der Waals surface area (Å²) in [6.45, 7) is 2.58. The number of hydrogen-bond acceptors (Lipinski definition) is 5. The topological polar surface area (TPSA) is 116 Å². The SMILES string of the molecule is O=C(N[C@H]1CC[C@H](C(=O)Nc2ccc(F)cc2Cl)CC1)c1[nH]cnc1C(=O)N1CC2(COC2)C1. The van der Waals surface area contributed by atoms with Crippen molar-refractivity contribution in [3.8, 4) is 0 Å². The highest BCUT2D eigenvalue weighted by Gasteiger charge is 2.51. The molecule has 34 heavy (non-hydrogen) atoms. The highest BCUT2D eigenvalue weighted by molar-refractivity contribution is 6.33. The van der Waals surface area contributed by atoms with Gasteiger partial charge in [-0.15, -0.1) is 0 Å². The summed E-state index contributed by atoms with van der Waals surface area (Å²) in [6.07, 6.45) is 3.76. The number of aromatic nitrogens is 2. The van der Waals surface area contributed by atoms with E-state index in [9.17, 15) is 18.8 Å². The van der Waals surface area contributed by atoms with Crippen LogP contribution in [0.1, 0.15) is 46.7 Å². The Morgan fingerprint density at radius 1 is 1.18 bits per heavy atom. The number of benzene rings is 1. The Labute approximate surface area is 200 Å². The predicted molar refractivity (Wildman–Crippen MR) is 121 cm³/mol. The van der Waals surface area contributed by atoms with Crippen molar-refractivity contribution in [3.05, 3.63) is 46.8 Å². The number of nitrogens with one attached hydrogen (secondary N) is 3.